The zero-order chi connectivity index (χ0) is 46.0. The van der Waals surface area contributed by atoms with Crippen LogP contribution in [0.3, 0.4) is 0 Å². The second-order valence-corrected chi connectivity index (χ2v) is 17.3. The first-order chi connectivity index (χ1) is 32.9. The normalized spacial score (nSPS) is 10.3. The van der Waals surface area contributed by atoms with Gasteiger partial charge in [0.25, 0.3) is 0 Å². The van der Waals surface area contributed by atoms with E-state index < -0.39 is 0 Å². The molecule has 0 fully saturated rings. The molecule has 0 aliphatic carbocycles. The predicted octanol–water partition coefficient (Wildman–Crippen LogP) is 18.3. The van der Waals surface area contributed by atoms with Gasteiger partial charge >= 0.3 is 0 Å². The third kappa shape index (κ3) is 13.6. The van der Waals surface area contributed by atoms with E-state index in [9.17, 15) is 0 Å². The molecule has 0 spiro atoms. The summed E-state index contributed by atoms with van der Waals surface area (Å²) in [6, 6.07) is 92.5. The van der Waals surface area contributed by atoms with Crippen molar-refractivity contribution in [3.05, 3.63) is 282 Å². The van der Waals surface area contributed by atoms with Crippen molar-refractivity contribution in [1.82, 2.24) is 0 Å². The Morgan fingerprint density at radius 1 is 0.269 bits per heavy atom. The largest absolute Gasteiger partial charge is 0.356 e. The highest BCUT2D eigenvalue weighted by atomic mass is 127. The highest BCUT2D eigenvalue weighted by Gasteiger charge is 2.13. The first-order valence-electron chi connectivity index (χ1n) is 22.4. The lowest BCUT2D eigenvalue weighted by Gasteiger charge is -2.26. The van der Waals surface area contributed by atoms with Crippen molar-refractivity contribution in [2.24, 2.45) is 0 Å². The highest BCUT2D eigenvalue weighted by molar-refractivity contribution is 14.1. The van der Waals surface area contributed by atoms with E-state index >= 15 is 0 Å². The van der Waals surface area contributed by atoms with Crippen LogP contribution in [0.5, 0.6) is 0 Å². The molecule has 5 heteroatoms. The van der Waals surface area contributed by atoms with Gasteiger partial charge in [-0.1, -0.05) is 151 Å². The molecule has 0 saturated heterocycles. The zero-order valence-corrected chi connectivity index (χ0v) is 39.9. The second kappa shape index (κ2) is 23.4. The molecule has 10 rings (SSSR count). The number of para-hydroxylation sites is 4. The molecular formula is C62H53IN4. The number of benzene rings is 10. The van der Waals surface area contributed by atoms with Crippen LogP contribution in [-0.2, 0) is 0 Å². The Labute approximate surface area is 409 Å². The monoisotopic (exact) mass is 980 g/mol. The first kappa shape index (κ1) is 45.7. The molecule has 0 aromatic heterocycles. The summed E-state index contributed by atoms with van der Waals surface area (Å²) in [5.41, 5.74) is 17.3. The van der Waals surface area contributed by atoms with E-state index in [0.29, 0.717) is 0 Å². The van der Waals surface area contributed by atoms with Crippen LogP contribution < -0.4 is 20.9 Å². The molecule has 4 nitrogen and oxygen atoms in total. The predicted molar refractivity (Wildman–Crippen MR) is 296 cm³/mol. The summed E-state index contributed by atoms with van der Waals surface area (Å²) < 4.78 is 1.31. The smallest absolute Gasteiger partial charge is 0.0464 e. The molecule has 328 valence electrons. The van der Waals surface area contributed by atoms with Gasteiger partial charge in [-0.15, -0.1) is 0 Å². The minimum absolute atomic E-state index is 1.08. The maximum absolute atomic E-state index is 3.44. The summed E-state index contributed by atoms with van der Waals surface area (Å²) in [4.78, 5) is 2.30. The van der Waals surface area contributed by atoms with Gasteiger partial charge in [0.1, 0.15) is 0 Å². The quantitative estimate of drug-likeness (QED) is 0.113. The zero-order valence-electron chi connectivity index (χ0n) is 37.7. The second-order valence-electron chi connectivity index (χ2n) is 16.1. The topological polar surface area (TPSA) is 39.3 Å². The van der Waals surface area contributed by atoms with Crippen LogP contribution >= 0.6 is 22.6 Å². The molecular weight excluding hydrogens is 928 g/mol. The summed E-state index contributed by atoms with van der Waals surface area (Å²) in [7, 11) is 0. The molecule has 0 saturated carbocycles. The Bertz CT molecular complexity index is 2920. The van der Waals surface area contributed by atoms with Crippen molar-refractivity contribution >= 4 is 73.8 Å². The number of hydrogen-bond acceptors (Lipinski definition) is 4. The van der Waals surface area contributed by atoms with Crippen molar-refractivity contribution in [2.75, 3.05) is 20.9 Å². The van der Waals surface area contributed by atoms with Gasteiger partial charge in [-0.3, -0.25) is 0 Å². The molecule has 0 amide bonds. The Morgan fingerprint density at radius 2 is 0.567 bits per heavy atom. The van der Waals surface area contributed by atoms with Crippen LogP contribution in [0.25, 0.3) is 22.3 Å². The Kier molecular flexibility index (Phi) is 15.9. The van der Waals surface area contributed by atoms with E-state index in [0.717, 1.165) is 51.2 Å². The fraction of sp³-hybridized carbons (Fsp3) is 0.0323. The molecule has 0 aliphatic rings. The van der Waals surface area contributed by atoms with Crippen molar-refractivity contribution in [3.8, 4) is 22.3 Å². The van der Waals surface area contributed by atoms with Gasteiger partial charge in [-0.2, -0.15) is 0 Å². The average Bonchev–Trinajstić information content (AvgIpc) is 3.37. The number of rotatable bonds is 11. The number of hydrogen-bond donors (Lipinski definition) is 3. The Hall–Kier alpha value is -7.87. The maximum Gasteiger partial charge on any atom is 0.0464 e. The molecule has 67 heavy (non-hydrogen) atoms. The molecule has 0 heterocycles. The van der Waals surface area contributed by atoms with Crippen LogP contribution in [0.1, 0.15) is 11.1 Å². The van der Waals surface area contributed by atoms with Crippen LogP contribution in [0.15, 0.2) is 267 Å². The van der Waals surface area contributed by atoms with Crippen molar-refractivity contribution in [1.29, 1.82) is 0 Å². The average molecular weight is 981 g/mol. The summed E-state index contributed by atoms with van der Waals surface area (Å²) in [5, 5.41) is 10.3. The number of aryl methyl sites for hydroxylation is 2. The molecule has 0 unspecified atom stereocenters. The van der Waals surface area contributed by atoms with Crippen molar-refractivity contribution < 1.29 is 0 Å². The summed E-state index contributed by atoms with van der Waals surface area (Å²) in [5.74, 6) is 0. The maximum atomic E-state index is 3.44. The molecule has 0 aliphatic heterocycles. The van der Waals surface area contributed by atoms with Gasteiger partial charge in [0.05, 0.1) is 0 Å². The Balaban J connectivity index is 0.000000159. The summed E-state index contributed by atoms with van der Waals surface area (Å²) >= 11 is 2.31. The number of anilines is 9. The standard InChI is InChI=1S/C31H26N2.C24H20N2.C7H7I/c1-24-9-8-14-31(23-24)33(29-12-6-3-7-13-29)30-21-17-26(18-22-30)25-15-19-28(20-16-25)32-27-10-4-2-5-11-27;1-3-7-21(8-4-1)25-23-15-11-19(12-16-23)20-13-17-24(18-14-20)26-22-9-5-2-6-10-22;1-6-3-2-4-7(8)5-6/h2-23,32H,1H3;1-18,25-26H;2-5H,1H3. The van der Waals surface area contributed by atoms with Crippen LogP contribution in [0.2, 0.25) is 0 Å². The third-order valence-electron chi connectivity index (χ3n) is 10.9. The fourth-order valence-electron chi connectivity index (χ4n) is 7.50. The molecule has 0 radical (unpaired) electrons. The minimum Gasteiger partial charge on any atom is -0.356 e. The summed E-state index contributed by atoms with van der Waals surface area (Å²) in [6.45, 7) is 4.23. The molecule has 0 atom stereocenters. The number of nitrogens with zero attached hydrogens (tertiary/aromatic N) is 1. The van der Waals surface area contributed by atoms with Crippen molar-refractivity contribution in [2.45, 2.75) is 13.8 Å². The highest BCUT2D eigenvalue weighted by Crippen LogP contribution is 2.36. The van der Waals surface area contributed by atoms with E-state index in [1.165, 1.54) is 37.0 Å². The lowest BCUT2D eigenvalue weighted by Crippen LogP contribution is -2.09. The lowest BCUT2D eigenvalue weighted by molar-refractivity contribution is 1.27. The summed E-state index contributed by atoms with van der Waals surface area (Å²) in [6.07, 6.45) is 0. The third-order valence-corrected chi connectivity index (χ3v) is 11.6. The minimum atomic E-state index is 1.08. The van der Waals surface area contributed by atoms with Gasteiger partial charge in [0.2, 0.25) is 0 Å². The Morgan fingerprint density at radius 3 is 0.910 bits per heavy atom. The number of halogens is 1. The van der Waals surface area contributed by atoms with Gasteiger partial charge in [-0.05, 0) is 186 Å². The van der Waals surface area contributed by atoms with E-state index in [4.69, 9.17) is 0 Å². The SMILES string of the molecule is Cc1cccc(I)c1.Cc1cccc(N(c2ccccc2)c2ccc(-c3ccc(Nc4ccccc4)cc3)cc2)c1.c1ccc(Nc2ccc(-c3ccc(Nc4ccccc4)cc3)cc2)cc1. The van der Waals surface area contributed by atoms with E-state index in [1.807, 2.05) is 54.6 Å². The van der Waals surface area contributed by atoms with Gasteiger partial charge in [0.15, 0.2) is 0 Å². The van der Waals surface area contributed by atoms with Gasteiger partial charge in [0, 0.05) is 54.8 Å². The molecule has 0 bridgehead atoms. The van der Waals surface area contributed by atoms with E-state index in [-0.39, 0.29) is 0 Å². The van der Waals surface area contributed by atoms with E-state index in [1.54, 1.807) is 0 Å². The lowest BCUT2D eigenvalue weighted by atomic mass is 10.0. The fourth-order valence-corrected chi connectivity index (χ4v) is 8.20. The first-order valence-corrected chi connectivity index (χ1v) is 23.5. The van der Waals surface area contributed by atoms with Gasteiger partial charge < -0.3 is 20.9 Å². The molecule has 10 aromatic rings. The van der Waals surface area contributed by atoms with E-state index in [2.05, 4.69) is 270 Å². The van der Waals surface area contributed by atoms with Gasteiger partial charge in [-0.25, -0.2) is 0 Å². The van der Waals surface area contributed by atoms with Crippen LogP contribution in [0.4, 0.5) is 51.2 Å². The van der Waals surface area contributed by atoms with Crippen molar-refractivity contribution in [3.63, 3.8) is 0 Å². The number of nitrogens with one attached hydrogen (secondary N) is 3. The van der Waals surface area contributed by atoms with Crippen LogP contribution in [-0.4, -0.2) is 0 Å². The molecule has 10 aromatic carbocycles. The van der Waals surface area contributed by atoms with Crippen LogP contribution in [0, 0.1) is 17.4 Å². The molecule has 3 N–H and O–H groups in total.